The zero-order chi connectivity index (χ0) is 8.27. The van der Waals surface area contributed by atoms with Crippen LogP contribution in [0.3, 0.4) is 0 Å². The lowest BCUT2D eigenvalue weighted by Gasteiger charge is -2.03. The Morgan fingerprint density at radius 3 is 3.00 bits per heavy atom. The fourth-order valence-electron chi connectivity index (χ4n) is 0.802. The Balaban J connectivity index is 2.77. The summed E-state index contributed by atoms with van der Waals surface area (Å²) in [5.41, 5.74) is 6.24. The minimum atomic E-state index is -0.355. The van der Waals surface area contributed by atoms with E-state index in [0.717, 1.165) is 0 Å². The van der Waals surface area contributed by atoms with E-state index in [1.54, 1.807) is 11.4 Å². The molecule has 3 N–H and O–H groups in total. The summed E-state index contributed by atoms with van der Waals surface area (Å²) in [6, 6.07) is 3.33. The highest BCUT2D eigenvalue weighted by molar-refractivity contribution is 7.11. The fraction of sp³-hybridized carbons (Fsp3) is 0.286. The van der Waals surface area contributed by atoms with Gasteiger partial charge in [-0.25, -0.2) is 0 Å². The molecule has 1 heterocycles. The van der Waals surface area contributed by atoms with Gasteiger partial charge in [0.15, 0.2) is 5.06 Å². The van der Waals surface area contributed by atoms with E-state index >= 15 is 0 Å². The fourth-order valence-corrected chi connectivity index (χ4v) is 1.50. The highest BCUT2D eigenvalue weighted by Crippen LogP contribution is 2.29. The van der Waals surface area contributed by atoms with Crippen molar-refractivity contribution in [3.05, 3.63) is 17.0 Å². The number of thiophene rings is 1. The van der Waals surface area contributed by atoms with E-state index in [4.69, 9.17) is 11.0 Å². The predicted octanol–water partition coefficient (Wildman–Crippen LogP) is 1.37. The Hall–Kier alpha value is -1.05. The van der Waals surface area contributed by atoms with Crippen LogP contribution in [0.4, 0.5) is 0 Å². The minimum Gasteiger partial charge on any atom is -0.499 e. The molecule has 0 aliphatic heterocycles. The van der Waals surface area contributed by atoms with Gasteiger partial charge in [-0.1, -0.05) is 0 Å². The summed E-state index contributed by atoms with van der Waals surface area (Å²) >= 11 is 1.22. The molecule has 1 aromatic heterocycles. The lowest BCUT2D eigenvalue weighted by atomic mass is 10.1. The lowest BCUT2D eigenvalue weighted by Crippen LogP contribution is -2.07. The Bertz CT molecular complexity index is 276. The smallest absolute Gasteiger partial charge is 0.175 e. The van der Waals surface area contributed by atoms with Crippen molar-refractivity contribution in [1.82, 2.24) is 0 Å². The molecule has 0 fully saturated rings. The first-order chi connectivity index (χ1) is 5.25. The first-order valence-electron chi connectivity index (χ1n) is 3.14. The third kappa shape index (κ3) is 1.70. The van der Waals surface area contributed by atoms with Gasteiger partial charge in [-0.05, 0) is 11.4 Å². The molecular formula is C7H8N2OS. The summed E-state index contributed by atoms with van der Waals surface area (Å²) in [6.07, 6.45) is 0.240. The molecule has 0 saturated carbocycles. The van der Waals surface area contributed by atoms with Gasteiger partial charge in [-0.3, -0.25) is 0 Å². The molecule has 0 aliphatic rings. The second kappa shape index (κ2) is 3.37. The van der Waals surface area contributed by atoms with Crippen molar-refractivity contribution >= 4 is 11.3 Å². The number of nitrogens with zero attached hydrogens (tertiary/aromatic N) is 1. The number of nitrogens with two attached hydrogens (primary N) is 1. The van der Waals surface area contributed by atoms with Crippen molar-refractivity contribution < 1.29 is 5.11 Å². The molecule has 0 aliphatic carbocycles. The topological polar surface area (TPSA) is 70.0 Å². The van der Waals surface area contributed by atoms with E-state index in [9.17, 15) is 5.11 Å². The molecule has 1 rings (SSSR count). The molecule has 58 valence electrons. The van der Waals surface area contributed by atoms with Gasteiger partial charge in [0.1, 0.15) is 0 Å². The highest BCUT2D eigenvalue weighted by Gasteiger charge is 2.10. The van der Waals surface area contributed by atoms with Gasteiger partial charge in [0.25, 0.3) is 0 Å². The second-order valence-electron chi connectivity index (χ2n) is 2.15. The zero-order valence-electron chi connectivity index (χ0n) is 5.82. The molecule has 0 aromatic carbocycles. The second-order valence-corrected chi connectivity index (χ2v) is 3.04. The number of hydrogen-bond donors (Lipinski definition) is 2. The van der Waals surface area contributed by atoms with Crippen LogP contribution < -0.4 is 5.73 Å². The summed E-state index contributed by atoms with van der Waals surface area (Å²) in [5.74, 6) is 0. The minimum absolute atomic E-state index is 0.216. The number of aromatic hydroxyl groups is 1. The highest BCUT2D eigenvalue weighted by atomic mass is 32.1. The molecule has 0 amide bonds. The van der Waals surface area contributed by atoms with E-state index in [1.807, 2.05) is 6.07 Å². The molecule has 1 unspecified atom stereocenters. The Kier molecular flexibility index (Phi) is 2.47. The molecule has 1 atom stereocenters. The van der Waals surface area contributed by atoms with Gasteiger partial charge in [0, 0.05) is 11.6 Å². The van der Waals surface area contributed by atoms with Crippen LogP contribution in [-0.2, 0) is 0 Å². The SMILES string of the molecule is N#CCC(N)c1ccsc1O. The molecule has 0 spiro atoms. The standard InChI is InChI=1S/C7H8N2OS/c8-3-1-6(9)5-2-4-11-7(5)10/h2,4,6,10H,1,9H2. The normalized spacial score (nSPS) is 12.4. The van der Waals surface area contributed by atoms with E-state index in [1.165, 1.54) is 11.3 Å². The van der Waals surface area contributed by atoms with Crippen molar-refractivity contribution in [2.45, 2.75) is 12.5 Å². The monoisotopic (exact) mass is 168 g/mol. The molecule has 0 saturated heterocycles. The Morgan fingerprint density at radius 1 is 1.82 bits per heavy atom. The Labute approximate surface area is 68.7 Å². The quantitative estimate of drug-likeness (QED) is 0.700. The van der Waals surface area contributed by atoms with Crippen molar-refractivity contribution in [2.75, 3.05) is 0 Å². The van der Waals surface area contributed by atoms with Crippen LogP contribution in [0.2, 0.25) is 0 Å². The van der Waals surface area contributed by atoms with Crippen LogP contribution in [0, 0.1) is 11.3 Å². The summed E-state index contributed by atoms with van der Waals surface area (Å²) in [7, 11) is 0. The van der Waals surface area contributed by atoms with Gasteiger partial charge in [-0.15, -0.1) is 11.3 Å². The lowest BCUT2D eigenvalue weighted by molar-refractivity contribution is 0.478. The van der Waals surface area contributed by atoms with Crippen LogP contribution >= 0.6 is 11.3 Å². The van der Waals surface area contributed by atoms with Gasteiger partial charge >= 0.3 is 0 Å². The van der Waals surface area contributed by atoms with Crippen molar-refractivity contribution in [2.24, 2.45) is 5.73 Å². The summed E-state index contributed by atoms with van der Waals surface area (Å²) in [5, 5.41) is 19.5. The molecule has 11 heavy (non-hydrogen) atoms. The molecular weight excluding hydrogens is 160 g/mol. The zero-order valence-corrected chi connectivity index (χ0v) is 6.64. The van der Waals surface area contributed by atoms with Gasteiger partial charge in [-0.2, -0.15) is 5.26 Å². The van der Waals surface area contributed by atoms with E-state index in [2.05, 4.69) is 0 Å². The molecule has 1 aromatic rings. The number of hydrogen-bond acceptors (Lipinski definition) is 4. The third-order valence-electron chi connectivity index (χ3n) is 1.38. The largest absolute Gasteiger partial charge is 0.499 e. The van der Waals surface area contributed by atoms with Crippen LogP contribution in [0.15, 0.2) is 11.4 Å². The van der Waals surface area contributed by atoms with E-state index < -0.39 is 0 Å². The molecule has 0 radical (unpaired) electrons. The maximum atomic E-state index is 9.18. The van der Waals surface area contributed by atoms with E-state index in [0.29, 0.717) is 5.56 Å². The molecule has 0 bridgehead atoms. The maximum absolute atomic E-state index is 9.18. The molecule has 3 nitrogen and oxygen atoms in total. The van der Waals surface area contributed by atoms with Crippen LogP contribution in [-0.4, -0.2) is 5.11 Å². The number of nitriles is 1. The van der Waals surface area contributed by atoms with Crippen LogP contribution in [0.1, 0.15) is 18.0 Å². The van der Waals surface area contributed by atoms with Crippen molar-refractivity contribution in [3.8, 4) is 11.1 Å². The van der Waals surface area contributed by atoms with Crippen molar-refractivity contribution in [1.29, 1.82) is 5.26 Å². The Morgan fingerprint density at radius 2 is 2.55 bits per heavy atom. The first-order valence-corrected chi connectivity index (χ1v) is 4.02. The van der Waals surface area contributed by atoms with Gasteiger partial charge in [0.05, 0.1) is 12.5 Å². The molecule has 4 heteroatoms. The summed E-state index contributed by atoms with van der Waals surface area (Å²) < 4.78 is 0. The summed E-state index contributed by atoms with van der Waals surface area (Å²) in [6.45, 7) is 0. The number of rotatable bonds is 2. The maximum Gasteiger partial charge on any atom is 0.175 e. The van der Waals surface area contributed by atoms with Crippen LogP contribution in [0.25, 0.3) is 0 Å². The van der Waals surface area contributed by atoms with Crippen molar-refractivity contribution in [3.63, 3.8) is 0 Å². The first kappa shape index (κ1) is 8.05. The van der Waals surface area contributed by atoms with Gasteiger partial charge < -0.3 is 10.8 Å². The van der Waals surface area contributed by atoms with Crippen LogP contribution in [0.5, 0.6) is 5.06 Å². The average molecular weight is 168 g/mol. The average Bonchev–Trinajstić information content (AvgIpc) is 2.36. The summed E-state index contributed by atoms with van der Waals surface area (Å²) in [4.78, 5) is 0. The predicted molar refractivity (Wildman–Crippen MR) is 43.1 cm³/mol. The third-order valence-corrected chi connectivity index (χ3v) is 2.12. The van der Waals surface area contributed by atoms with E-state index in [-0.39, 0.29) is 17.5 Å². The van der Waals surface area contributed by atoms with Gasteiger partial charge in [0.2, 0.25) is 0 Å².